The number of nitrogens with two attached hydrogens (primary N) is 2. The van der Waals surface area contributed by atoms with Gasteiger partial charge in [0.25, 0.3) is 11.8 Å². The maximum Gasteiger partial charge on any atom is 0.512 e. The molecule has 3 aliphatic heterocycles. The number of carbonyl (C=O) groups excluding carboxylic acids is 4. The van der Waals surface area contributed by atoms with Crippen molar-refractivity contribution in [3.05, 3.63) is 22.5 Å². The number of ether oxygens (including phenoxy) is 2. The third-order valence-corrected chi connectivity index (χ3v) is 7.09. The zero-order chi connectivity index (χ0) is 25.4. The molecule has 1 aromatic rings. The first-order valence-electron chi connectivity index (χ1n) is 9.78. The van der Waals surface area contributed by atoms with Gasteiger partial charge in [0.2, 0.25) is 5.88 Å². The van der Waals surface area contributed by atoms with Crippen molar-refractivity contribution in [1.82, 2.24) is 25.2 Å². The van der Waals surface area contributed by atoms with Crippen molar-refractivity contribution in [3.8, 4) is 0 Å². The highest BCUT2D eigenvalue weighted by atomic mass is 32.2. The zero-order valence-corrected chi connectivity index (χ0v) is 19.3. The van der Waals surface area contributed by atoms with Crippen LogP contribution in [0.1, 0.15) is 5.69 Å². The number of carboxylic acid groups (broad SMARTS) is 1. The number of β-lactam (4-membered cyclic amide) rings is 1. The number of nitrogen functional groups attached to an aromatic ring is 1. The average molecular weight is 527 g/mol. The third-order valence-electron chi connectivity index (χ3n) is 5.10. The van der Waals surface area contributed by atoms with Gasteiger partial charge in [-0.05, 0) is 0 Å². The normalized spacial score (nSPS) is 21.1. The molecule has 2 fully saturated rings. The minimum absolute atomic E-state index is 0.0253. The number of hydrogen-bond acceptors (Lipinski definition) is 12. The summed E-state index contributed by atoms with van der Waals surface area (Å²) in [5, 5.41) is 22.5. The predicted molar refractivity (Wildman–Crippen MR) is 119 cm³/mol. The highest BCUT2D eigenvalue weighted by molar-refractivity contribution is 8.00. The minimum Gasteiger partial charge on any atom is -0.449 e. The van der Waals surface area contributed by atoms with Crippen LogP contribution in [0.3, 0.4) is 0 Å². The quantitative estimate of drug-likeness (QED) is 0.167. The molecule has 1 unspecified atom stereocenters. The zero-order valence-electron chi connectivity index (χ0n) is 17.6. The number of anilines is 1. The largest absolute Gasteiger partial charge is 0.512 e. The highest BCUT2D eigenvalue weighted by Crippen LogP contribution is 2.43. The molecule has 2 saturated heterocycles. The van der Waals surface area contributed by atoms with E-state index in [4.69, 9.17) is 31.5 Å². The fourth-order valence-corrected chi connectivity index (χ4v) is 5.51. The number of amides is 5. The van der Waals surface area contributed by atoms with Crippen LogP contribution >= 0.6 is 23.1 Å². The number of urea groups is 1. The number of nitrogens with one attached hydrogen (secondary N) is 2. The molecule has 3 aliphatic rings. The van der Waals surface area contributed by atoms with Crippen LogP contribution in [-0.2, 0) is 19.1 Å². The fraction of sp³-hybridized carbons (Fsp3) is 0.353. The Balaban J connectivity index is 1.66. The van der Waals surface area contributed by atoms with Crippen molar-refractivity contribution in [3.63, 3.8) is 0 Å². The molecule has 0 aromatic carbocycles. The Morgan fingerprint density at radius 1 is 1.37 bits per heavy atom. The van der Waals surface area contributed by atoms with Crippen LogP contribution < -0.4 is 16.8 Å². The molecular weight excluding hydrogens is 508 g/mol. The summed E-state index contributed by atoms with van der Waals surface area (Å²) >= 11 is 2.13. The lowest BCUT2D eigenvalue weighted by molar-refractivity contribution is -0.170. The maximum atomic E-state index is 13.4. The van der Waals surface area contributed by atoms with E-state index in [0.29, 0.717) is 0 Å². The molecule has 5 amide bonds. The van der Waals surface area contributed by atoms with Crippen molar-refractivity contribution in [2.24, 2.45) is 5.73 Å². The standard InChI is InChI=1S/C17H18N8O8S2/c18-8(7-5-35-14(19)22-7)10(26)25(23-2-1-21-16(23)29)9-11(27)24-12(33-17(30)31)6(3-32-15(20)28)4-34-13(9)24/h5,9,13,18H,1-4H2,(H2,19,22)(H2,20,28)(H,21,29)(H,30,31)/t9?,13-/m0/s1. The van der Waals surface area contributed by atoms with Crippen LogP contribution in [-0.4, -0.2) is 97.7 Å². The summed E-state index contributed by atoms with van der Waals surface area (Å²) in [6.45, 7) is -0.173. The molecule has 18 heteroatoms. The molecule has 0 radical (unpaired) electrons. The molecule has 7 N–H and O–H groups in total. The van der Waals surface area contributed by atoms with Gasteiger partial charge in [0.05, 0.1) is 6.54 Å². The Kier molecular flexibility index (Phi) is 6.39. The third kappa shape index (κ3) is 4.39. The Hall–Kier alpha value is -4.06. The number of rotatable bonds is 7. The monoisotopic (exact) mass is 526 g/mol. The van der Waals surface area contributed by atoms with Gasteiger partial charge in [-0.25, -0.2) is 29.4 Å². The molecule has 0 bridgehead atoms. The van der Waals surface area contributed by atoms with Gasteiger partial charge in [-0.3, -0.25) is 19.9 Å². The lowest BCUT2D eigenvalue weighted by atomic mass is 10.0. The topological polar surface area (TPSA) is 235 Å². The summed E-state index contributed by atoms with van der Waals surface area (Å²) in [6, 6.07) is -1.91. The van der Waals surface area contributed by atoms with Gasteiger partial charge in [-0.2, -0.15) is 0 Å². The van der Waals surface area contributed by atoms with Gasteiger partial charge in [0.15, 0.2) is 11.2 Å². The van der Waals surface area contributed by atoms with Crippen molar-refractivity contribution < 1.29 is 38.6 Å². The van der Waals surface area contributed by atoms with Crippen molar-refractivity contribution in [1.29, 1.82) is 5.41 Å². The molecule has 16 nitrogen and oxygen atoms in total. The second-order valence-electron chi connectivity index (χ2n) is 7.19. The second kappa shape index (κ2) is 9.29. The second-order valence-corrected chi connectivity index (χ2v) is 9.18. The first-order chi connectivity index (χ1) is 16.6. The van der Waals surface area contributed by atoms with E-state index in [2.05, 4.69) is 10.3 Å². The van der Waals surface area contributed by atoms with Crippen LogP contribution in [0.15, 0.2) is 16.8 Å². The van der Waals surface area contributed by atoms with Gasteiger partial charge >= 0.3 is 18.3 Å². The van der Waals surface area contributed by atoms with Gasteiger partial charge in [0, 0.05) is 23.3 Å². The van der Waals surface area contributed by atoms with E-state index in [9.17, 15) is 24.0 Å². The number of aromatic nitrogens is 1. The van der Waals surface area contributed by atoms with E-state index < -0.39 is 53.8 Å². The molecule has 1 aromatic heterocycles. The van der Waals surface area contributed by atoms with E-state index in [1.807, 2.05) is 0 Å². The number of fused-ring (bicyclic) bond motifs is 1. The summed E-state index contributed by atoms with van der Waals surface area (Å²) in [5.74, 6) is -2.05. The molecule has 2 atom stereocenters. The SMILES string of the molecule is N=C(C(=O)N(C1C(=O)N2C(OC(=O)O)=C(COC(N)=O)CS[C@@H]12)N1CCNC1=O)c1csc(N)n1. The summed E-state index contributed by atoms with van der Waals surface area (Å²) in [4.78, 5) is 66.2. The first-order valence-corrected chi connectivity index (χ1v) is 11.7. The smallest absolute Gasteiger partial charge is 0.449 e. The molecule has 35 heavy (non-hydrogen) atoms. The molecule has 186 valence electrons. The molecule has 0 aliphatic carbocycles. The van der Waals surface area contributed by atoms with Crippen molar-refractivity contribution in [2.75, 3.05) is 31.2 Å². The number of thioether (sulfide) groups is 1. The van der Waals surface area contributed by atoms with E-state index >= 15 is 0 Å². The number of primary amides is 1. The summed E-state index contributed by atoms with van der Waals surface area (Å²) < 4.78 is 9.50. The van der Waals surface area contributed by atoms with Crippen molar-refractivity contribution >= 4 is 64.0 Å². The average Bonchev–Trinajstić information content (AvgIpc) is 3.42. The van der Waals surface area contributed by atoms with E-state index in [1.54, 1.807) is 0 Å². The van der Waals surface area contributed by atoms with E-state index in [1.165, 1.54) is 5.38 Å². The maximum absolute atomic E-state index is 13.4. The van der Waals surface area contributed by atoms with E-state index in [0.717, 1.165) is 38.0 Å². The van der Waals surface area contributed by atoms with Crippen molar-refractivity contribution in [2.45, 2.75) is 11.4 Å². The van der Waals surface area contributed by atoms with Gasteiger partial charge in [-0.1, -0.05) is 0 Å². The Morgan fingerprint density at radius 2 is 2.11 bits per heavy atom. The summed E-state index contributed by atoms with van der Waals surface area (Å²) in [5.41, 5.74) is 10.1. The Labute approximate surface area is 204 Å². The fourth-order valence-electron chi connectivity index (χ4n) is 3.62. The van der Waals surface area contributed by atoms with Gasteiger partial charge in [0.1, 0.15) is 23.4 Å². The highest BCUT2D eigenvalue weighted by Gasteiger charge is 2.59. The summed E-state index contributed by atoms with van der Waals surface area (Å²) in [6.07, 6.45) is -2.82. The number of carbonyl (C=O) groups is 5. The Morgan fingerprint density at radius 3 is 2.69 bits per heavy atom. The lowest BCUT2D eigenvalue weighted by Gasteiger charge is -2.53. The number of nitrogens with zero attached hydrogens (tertiary/aromatic N) is 4. The number of hydrazine groups is 1. The van der Waals surface area contributed by atoms with E-state index in [-0.39, 0.29) is 41.1 Å². The minimum atomic E-state index is -1.71. The Bertz CT molecular complexity index is 1170. The molecule has 0 spiro atoms. The van der Waals surface area contributed by atoms with Crippen LogP contribution in [0, 0.1) is 5.41 Å². The van der Waals surface area contributed by atoms with Gasteiger partial charge in [-0.15, -0.1) is 23.1 Å². The first kappa shape index (κ1) is 24.1. The molecule has 4 heterocycles. The van der Waals surface area contributed by atoms with Crippen LogP contribution in [0.5, 0.6) is 0 Å². The molecule has 0 saturated carbocycles. The van der Waals surface area contributed by atoms with Crippen LogP contribution in [0.2, 0.25) is 0 Å². The summed E-state index contributed by atoms with van der Waals surface area (Å²) in [7, 11) is 0. The number of hydrogen-bond donors (Lipinski definition) is 5. The van der Waals surface area contributed by atoms with Crippen LogP contribution in [0.4, 0.5) is 19.5 Å². The predicted octanol–water partition coefficient (Wildman–Crippen LogP) is -0.853. The lowest BCUT2D eigenvalue weighted by Crippen LogP contribution is -2.74. The molecule has 4 rings (SSSR count). The molecular formula is C17H18N8O8S2. The number of thiazole rings is 1. The van der Waals surface area contributed by atoms with Crippen LogP contribution in [0.25, 0.3) is 0 Å². The van der Waals surface area contributed by atoms with Gasteiger partial charge < -0.3 is 31.4 Å².